The number of hydrogen-bond donors (Lipinski definition) is 1. The predicted molar refractivity (Wildman–Crippen MR) is 104 cm³/mol. The molecular weight excluding hydrogens is 360 g/mol. The molecule has 140 valence electrons. The number of carbonyl (C=O) groups excluding carboxylic acids is 1. The van der Waals surface area contributed by atoms with Gasteiger partial charge in [-0.05, 0) is 37.8 Å². The Kier molecular flexibility index (Phi) is 4.37. The number of carbonyl (C=O) groups is 1. The lowest BCUT2D eigenvalue weighted by atomic mass is 10.1. The van der Waals surface area contributed by atoms with Crippen molar-refractivity contribution in [1.29, 1.82) is 0 Å². The molecule has 1 amide bonds. The molecule has 27 heavy (non-hydrogen) atoms. The first kappa shape index (κ1) is 16.8. The molecule has 1 aliphatic carbocycles. The summed E-state index contributed by atoms with van der Waals surface area (Å²) < 4.78 is 3.12. The van der Waals surface area contributed by atoms with E-state index in [9.17, 15) is 4.79 Å². The normalized spacial score (nSPS) is 18.8. The summed E-state index contributed by atoms with van der Waals surface area (Å²) in [6.45, 7) is 2.91. The summed E-state index contributed by atoms with van der Waals surface area (Å²) >= 11 is 1.78. The van der Waals surface area contributed by atoms with Crippen molar-refractivity contribution in [2.75, 3.05) is 13.1 Å². The fourth-order valence-electron chi connectivity index (χ4n) is 3.57. The van der Waals surface area contributed by atoms with Crippen LogP contribution in [0, 0.1) is 0 Å². The number of para-hydroxylation sites is 1. The molecule has 0 unspecified atom stereocenters. The number of hydrogen-bond acceptors (Lipinski definition) is 6. The van der Waals surface area contributed by atoms with E-state index in [1.807, 2.05) is 10.7 Å². The molecule has 0 bridgehead atoms. The van der Waals surface area contributed by atoms with Gasteiger partial charge in [-0.15, -0.1) is 16.4 Å². The largest absolute Gasteiger partial charge is 0.348 e. The molecule has 3 aromatic rings. The van der Waals surface area contributed by atoms with Crippen LogP contribution in [0.3, 0.4) is 0 Å². The Balaban J connectivity index is 1.17. The lowest BCUT2D eigenvalue weighted by Crippen LogP contribution is -2.34. The number of aromatic nitrogens is 4. The smallest absolute Gasteiger partial charge is 0.273 e. The second-order valence-electron chi connectivity index (χ2n) is 7.41. The van der Waals surface area contributed by atoms with Gasteiger partial charge in [-0.25, -0.2) is 9.67 Å². The Bertz CT molecular complexity index is 921. The first-order valence-corrected chi connectivity index (χ1v) is 10.4. The molecule has 3 heterocycles. The average Bonchev–Trinajstić information content (AvgIpc) is 3.20. The first-order valence-electron chi connectivity index (χ1n) is 9.54. The van der Waals surface area contributed by atoms with Crippen LogP contribution >= 0.6 is 11.3 Å². The third-order valence-electron chi connectivity index (χ3n) is 5.28. The van der Waals surface area contributed by atoms with E-state index in [1.165, 1.54) is 9.71 Å². The number of nitrogens with one attached hydrogen (secondary N) is 1. The maximum Gasteiger partial charge on any atom is 0.273 e. The summed E-state index contributed by atoms with van der Waals surface area (Å²) in [6.07, 6.45) is 5.97. The van der Waals surface area contributed by atoms with Gasteiger partial charge in [-0.2, -0.15) is 0 Å². The fraction of sp³-hybridized carbons (Fsp3) is 0.474. The maximum absolute atomic E-state index is 12.1. The number of amides is 1. The van der Waals surface area contributed by atoms with E-state index in [0.29, 0.717) is 17.8 Å². The molecule has 5 rings (SSSR count). The van der Waals surface area contributed by atoms with Crippen molar-refractivity contribution in [2.24, 2.45) is 0 Å². The molecule has 2 fully saturated rings. The van der Waals surface area contributed by atoms with Gasteiger partial charge in [-0.3, -0.25) is 9.69 Å². The maximum atomic E-state index is 12.1. The van der Waals surface area contributed by atoms with E-state index in [1.54, 1.807) is 17.5 Å². The van der Waals surface area contributed by atoms with Crippen LogP contribution in [-0.2, 0) is 6.54 Å². The van der Waals surface area contributed by atoms with Gasteiger partial charge in [0.1, 0.15) is 5.01 Å². The molecule has 1 N–H and O–H groups in total. The molecule has 1 aliphatic heterocycles. The van der Waals surface area contributed by atoms with Crippen molar-refractivity contribution >= 4 is 27.5 Å². The lowest BCUT2D eigenvalue weighted by Gasteiger charge is -2.31. The second-order valence-corrected chi connectivity index (χ2v) is 8.53. The third-order valence-corrected chi connectivity index (χ3v) is 6.30. The van der Waals surface area contributed by atoms with E-state index >= 15 is 0 Å². The summed E-state index contributed by atoms with van der Waals surface area (Å²) in [5, 5.41) is 12.4. The van der Waals surface area contributed by atoms with Crippen LogP contribution in [0.2, 0.25) is 0 Å². The molecule has 7 nitrogen and oxygen atoms in total. The van der Waals surface area contributed by atoms with Crippen LogP contribution in [0.15, 0.2) is 30.5 Å². The highest BCUT2D eigenvalue weighted by molar-refractivity contribution is 7.18. The molecular formula is C19H22N6OS. The fourth-order valence-corrected chi connectivity index (χ4v) is 4.58. The Morgan fingerprint density at radius 1 is 1.19 bits per heavy atom. The summed E-state index contributed by atoms with van der Waals surface area (Å²) in [5.41, 5.74) is 1.52. The zero-order valence-electron chi connectivity index (χ0n) is 15.0. The number of benzene rings is 1. The van der Waals surface area contributed by atoms with Crippen molar-refractivity contribution in [3.05, 3.63) is 41.2 Å². The monoisotopic (exact) mass is 382 g/mol. The van der Waals surface area contributed by atoms with Crippen LogP contribution in [0.25, 0.3) is 10.2 Å². The van der Waals surface area contributed by atoms with Crippen molar-refractivity contribution in [2.45, 2.75) is 44.3 Å². The molecule has 8 heteroatoms. The zero-order valence-corrected chi connectivity index (χ0v) is 15.9. The SMILES string of the molecule is O=C(NC1CC1)c1cn(C2CCN(Cc3nc4ccccc4s3)CC2)nn1. The number of fused-ring (bicyclic) bond motifs is 1. The van der Waals surface area contributed by atoms with Crippen LogP contribution in [-0.4, -0.2) is 49.9 Å². The molecule has 0 spiro atoms. The Labute approximate surface area is 161 Å². The van der Waals surface area contributed by atoms with E-state index in [0.717, 1.165) is 50.8 Å². The second kappa shape index (κ2) is 7.01. The van der Waals surface area contributed by atoms with Gasteiger partial charge in [0.15, 0.2) is 5.69 Å². The highest BCUT2D eigenvalue weighted by Crippen LogP contribution is 2.26. The average molecular weight is 382 g/mol. The number of piperidine rings is 1. The highest BCUT2D eigenvalue weighted by atomic mass is 32.1. The molecule has 2 aliphatic rings. The Morgan fingerprint density at radius 2 is 2.00 bits per heavy atom. The van der Waals surface area contributed by atoms with Gasteiger partial charge in [-0.1, -0.05) is 17.3 Å². The first-order chi connectivity index (χ1) is 13.2. The van der Waals surface area contributed by atoms with Crippen molar-refractivity contribution < 1.29 is 4.79 Å². The number of likely N-dealkylation sites (tertiary alicyclic amines) is 1. The van der Waals surface area contributed by atoms with E-state index in [-0.39, 0.29) is 5.91 Å². The standard InChI is InChI=1S/C19H22N6OS/c26-19(20-13-5-6-13)16-11-25(23-22-16)14-7-9-24(10-8-14)12-18-21-15-3-1-2-4-17(15)27-18/h1-4,11,13-14H,5-10,12H2,(H,20,26). The summed E-state index contributed by atoms with van der Waals surface area (Å²) in [4.78, 5) is 19.3. The minimum absolute atomic E-state index is 0.1000. The number of thiazole rings is 1. The lowest BCUT2D eigenvalue weighted by molar-refractivity contribution is 0.0946. The van der Waals surface area contributed by atoms with E-state index in [2.05, 4.69) is 38.7 Å². The van der Waals surface area contributed by atoms with Gasteiger partial charge in [0.05, 0.1) is 29.0 Å². The molecule has 0 radical (unpaired) electrons. The quantitative estimate of drug-likeness (QED) is 0.734. The Hall–Kier alpha value is -2.32. The van der Waals surface area contributed by atoms with Crippen LogP contribution in [0.1, 0.15) is 47.2 Å². The Morgan fingerprint density at radius 3 is 2.78 bits per heavy atom. The van der Waals surface area contributed by atoms with Crippen molar-refractivity contribution in [3.8, 4) is 0 Å². The molecule has 2 aromatic heterocycles. The zero-order chi connectivity index (χ0) is 18.2. The van der Waals surface area contributed by atoms with Gasteiger partial charge in [0.2, 0.25) is 0 Å². The van der Waals surface area contributed by atoms with Crippen molar-refractivity contribution in [1.82, 2.24) is 30.2 Å². The van der Waals surface area contributed by atoms with E-state index < -0.39 is 0 Å². The minimum atomic E-state index is -0.1000. The summed E-state index contributed by atoms with van der Waals surface area (Å²) in [5.74, 6) is -0.1000. The molecule has 1 saturated carbocycles. The van der Waals surface area contributed by atoms with Gasteiger partial charge < -0.3 is 5.32 Å². The topological polar surface area (TPSA) is 75.9 Å². The van der Waals surface area contributed by atoms with Crippen LogP contribution in [0.5, 0.6) is 0 Å². The van der Waals surface area contributed by atoms with Crippen LogP contribution < -0.4 is 5.32 Å². The predicted octanol–water partition coefficient (Wildman–Crippen LogP) is 2.62. The summed E-state index contributed by atoms with van der Waals surface area (Å²) in [7, 11) is 0. The molecule has 1 aromatic carbocycles. The van der Waals surface area contributed by atoms with E-state index in [4.69, 9.17) is 4.98 Å². The molecule has 1 saturated heterocycles. The van der Waals surface area contributed by atoms with Gasteiger partial charge in [0.25, 0.3) is 5.91 Å². The summed E-state index contributed by atoms with van der Waals surface area (Å²) in [6, 6.07) is 8.95. The van der Waals surface area contributed by atoms with Crippen molar-refractivity contribution in [3.63, 3.8) is 0 Å². The molecule has 0 atom stereocenters. The van der Waals surface area contributed by atoms with Crippen LogP contribution in [0.4, 0.5) is 0 Å². The minimum Gasteiger partial charge on any atom is -0.348 e. The highest BCUT2D eigenvalue weighted by Gasteiger charge is 2.26. The van der Waals surface area contributed by atoms with Gasteiger partial charge >= 0.3 is 0 Å². The third kappa shape index (κ3) is 3.72. The van der Waals surface area contributed by atoms with Gasteiger partial charge in [0, 0.05) is 19.1 Å². The number of rotatable bonds is 5. The number of nitrogens with zero attached hydrogens (tertiary/aromatic N) is 5.